The van der Waals surface area contributed by atoms with Crippen LogP contribution in [-0.2, 0) is 9.59 Å². The molecule has 10 heterocycles. The lowest BCUT2D eigenvalue weighted by atomic mass is 9.79. The van der Waals surface area contributed by atoms with Crippen molar-refractivity contribution in [1.82, 2.24) is 50.4 Å². The van der Waals surface area contributed by atoms with Gasteiger partial charge in [-0.2, -0.15) is 9.97 Å². The first kappa shape index (κ1) is 53.2. The number of aromatic nitrogens is 5. The number of nitrogens with one attached hydrogen (secondary N) is 2. The van der Waals surface area contributed by atoms with E-state index >= 15 is 0 Å². The lowest BCUT2D eigenvalue weighted by molar-refractivity contribution is -0.141. The van der Waals surface area contributed by atoms with Gasteiger partial charge in [-0.1, -0.05) is 68.4 Å². The summed E-state index contributed by atoms with van der Waals surface area (Å²) in [7, 11) is 0. The summed E-state index contributed by atoms with van der Waals surface area (Å²) in [5, 5.41) is 36.3. The molecule has 7 aromatic rings. The fraction of sp³-hybridized carbons (Fsp3) is 0.508. The van der Waals surface area contributed by atoms with Gasteiger partial charge in [0.25, 0.3) is 0 Å². The van der Waals surface area contributed by atoms with Crippen LogP contribution in [0.5, 0.6) is 11.8 Å². The standard InChI is InChI=1S/C63H74N12O6S/c1-35(2)53(61(79)74-32-46(77)26-50(74)60(78)66-37(4)39-10-12-40(13-11-39)58-38(5)65-34-82-58)51-27-52(70-81-51)72-22-20-71(21-23-72)31-44-16-18-63(17-7-19-75(44)63)33-80-62-68-57-49(59(69-62)73-29-42-14-15-43(30-73)67-42)28-64-56-48-25-45(76)24-41-8-6-9-47(55(41)48)36(3)54(56)57/h6,8-13,24-25,27-28,34-37,42-44,46,50,53,67,76-77H,7,14-23,26,29-33H2,1-5H3,(H,66,78)/t36?,37-,42?,43?,44-,46+,50-,53-,63-/m0/s1. The van der Waals surface area contributed by atoms with Crippen LogP contribution in [0.15, 0.2) is 76.9 Å². The third-order valence-electron chi connectivity index (χ3n) is 19.5. The molecule has 14 rings (SSSR count). The summed E-state index contributed by atoms with van der Waals surface area (Å²) >= 11 is 1.60. The number of aromatic hydroxyl groups is 1. The molecule has 0 saturated carbocycles. The van der Waals surface area contributed by atoms with Crippen LogP contribution < -0.4 is 25.2 Å². The molecule has 6 aliphatic heterocycles. The lowest BCUT2D eigenvalue weighted by Gasteiger charge is -2.39. The van der Waals surface area contributed by atoms with Crippen molar-refractivity contribution >= 4 is 56.5 Å². The molecule has 6 fully saturated rings. The van der Waals surface area contributed by atoms with E-state index in [4.69, 9.17) is 24.2 Å². The number of phenolic OH excluding ortho intramolecular Hbond substituents is 1. The summed E-state index contributed by atoms with van der Waals surface area (Å²) in [6.45, 7) is 17.8. The van der Waals surface area contributed by atoms with Crippen LogP contribution in [0.1, 0.15) is 119 Å². The van der Waals surface area contributed by atoms with Gasteiger partial charge in [-0.05, 0) is 104 Å². The number of aliphatic hydroxyl groups is 1. The molecule has 0 radical (unpaired) electrons. The predicted molar refractivity (Wildman–Crippen MR) is 317 cm³/mol. The van der Waals surface area contributed by atoms with Gasteiger partial charge in [-0.3, -0.25) is 24.4 Å². The summed E-state index contributed by atoms with van der Waals surface area (Å²) in [5.74, 6) is 0.954. The molecule has 9 atom stereocenters. The Hall–Kier alpha value is -6.77. The molecule has 1 aliphatic carbocycles. The minimum absolute atomic E-state index is 0.0159. The average Bonchev–Trinajstić information content (AvgIpc) is 3.16. The van der Waals surface area contributed by atoms with Gasteiger partial charge in [0, 0.05) is 106 Å². The van der Waals surface area contributed by atoms with Gasteiger partial charge in [0.2, 0.25) is 11.8 Å². The Balaban J connectivity index is 0.629. The van der Waals surface area contributed by atoms with E-state index in [0.29, 0.717) is 42.3 Å². The van der Waals surface area contributed by atoms with E-state index in [0.717, 1.165) is 157 Å². The number of aliphatic hydroxyl groups excluding tert-OH is 1. The number of phenols is 1. The molecule has 3 unspecified atom stereocenters. The van der Waals surface area contributed by atoms with Crippen LogP contribution in [0.4, 0.5) is 11.6 Å². The number of likely N-dealkylation sites (tertiary alicyclic amines) is 1. The minimum atomic E-state index is -0.815. The third-order valence-corrected chi connectivity index (χ3v) is 20.4. The zero-order chi connectivity index (χ0) is 56.1. The number of amides is 2. The Morgan fingerprint density at radius 1 is 0.939 bits per heavy atom. The van der Waals surface area contributed by atoms with Crippen LogP contribution in [0.2, 0.25) is 0 Å². The molecule has 18 nitrogen and oxygen atoms in total. The Labute approximate surface area is 482 Å². The van der Waals surface area contributed by atoms with Crippen LogP contribution in [0.25, 0.3) is 43.4 Å². The number of ether oxygens (including phenoxy) is 1. The Morgan fingerprint density at radius 3 is 2.51 bits per heavy atom. The van der Waals surface area contributed by atoms with E-state index in [1.807, 2.05) is 81.9 Å². The Morgan fingerprint density at radius 2 is 1.74 bits per heavy atom. The summed E-state index contributed by atoms with van der Waals surface area (Å²) in [6, 6.07) is 20.6. The molecule has 7 aliphatic rings. The molecule has 82 heavy (non-hydrogen) atoms. The van der Waals surface area contributed by atoms with E-state index in [-0.39, 0.29) is 53.9 Å². The van der Waals surface area contributed by atoms with Gasteiger partial charge < -0.3 is 44.8 Å². The molecule has 2 bridgehead atoms. The van der Waals surface area contributed by atoms with Gasteiger partial charge in [-0.15, -0.1) is 11.3 Å². The number of benzene rings is 3. The number of carbonyl (C=O) groups is 2. The van der Waals surface area contributed by atoms with Crippen molar-refractivity contribution in [3.05, 3.63) is 101 Å². The van der Waals surface area contributed by atoms with Crippen molar-refractivity contribution in [2.45, 2.75) is 133 Å². The van der Waals surface area contributed by atoms with E-state index in [9.17, 15) is 19.8 Å². The summed E-state index contributed by atoms with van der Waals surface area (Å²) in [4.78, 5) is 61.3. The summed E-state index contributed by atoms with van der Waals surface area (Å²) in [6.07, 6.45) is 7.98. The lowest BCUT2D eigenvalue weighted by Crippen LogP contribution is -2.53. The molecule has 428 valence electrons. The molecule has 6 saturated heterocycles. The second-order valence-electron chi connectivity index (χ2n) is 24.9. The Kier molecular flexibility index (Phi) is 13.7. The van der Waals surface area contributed by atoms with Gasteiger partial charge in [0.05, 0.1) is 50.4 Å². The highest BCUT2D eigenvalue weighted by atomic mass is 32.1. The van der Waals surface area contributed by atoms with Crippen LogP contribution in [0, 0.1) is 12.8 Å². The number of fused-ring (bicyclic) bond motifs is 7. The third kappa shape index (κ3) is 9.43. The molecule has 4 aromatic heterocycles. The van der Waals surface area contributed by atoms with Crippen molar-refractivity contribution in [3.63, 3.8) is 0 Å². The first-order valence-corrected chi connectivity index (χ1v) is 30.7. The maximum atomic E-state index is 14.6. The van der Waals surface area contributed by atoms with Crippen molar-refractivity contribution in [2.24, 2.45) is 5.92 Å². The fourth-order valence-corrected chi connectivity index (χ4v) is 16.1. The maximum absolute atomic E-state index is 14.6. The SMILES string of the molecule is Cc1ncsc1-c1ccc([C@H](C)NC(=O)[C@@H]2C[C@@H](O)CN2C(=O)[C@H](c2cc(N3CCN(C[C@@H]4CC[C@]5(COc6nc(N7CC8CCC(C7)N8)c7cnc8c(c7n6)C(C)c6cccc7cc(O)cc-8c67)CCCN45)CC3)no2)C(C)C)cc1. The number of anilines is 2. The fourth-order valence-electron chi connectivity index (χ4n) is 15.3. The molecule has 0 spiro atoms. The highest BCUT2D eigenvalue weighted by Crippen LogP contribution is 2.49. The normalized spacial score (nSPS) is 26.0. The van der Waals surface area contributed by atoms with E-state index in [2.05, 4.69) is 65.5 Å². The molecular weight excluding hydrogens is 1050 g/mol. The van der Waals surface area contributed by atoms with Gasteiger partial charge >= 0.3 is 6.01 Å². The number of pyridine rings is 1. The molecule has 4 N–H and O–H groups in total. The molecule has 2 amide bonds. The highest BCUT2D eigenvalue weighted by molar-refractivity contribution is 7.13. The minimum Gasteiger partial charge on any atom is -0.508 e. The number of aryl methyl sites for hydroxylation is 1. The first-order valence-electron chi connectivity index (χ1n) is 29.9. The van der Waals surface area contributed by atoms with Crippen LogP contribution >= 0.6 is 11.3 Å². The average molecular weight is 1130 g/mol. The second-order valence-corrected chi connectivity index (χ2v) is 25.8. The van der Waals surface area contributed by atoms with Gasteiger partial charge in [0.15, 0.2) is 11.6 Å². The van der Waals surface area contributed by atoms with Crippen LogP contribution in [0.3, 0.4) is 0 Å². The van der Waals surface area contributed by atoms with Crippen LogP contribution in [-0.4, -0.2) is 163 Å². The van der Waals surface area contributed by atoms with Gasteiger partial charge in [-0.25, -0.2) is 4.98 Å². The predicted octanol–water partition coefficient (Wildman–Crippen LogP) is 8.15. The van der Waals surface area contributed by atoms with Gasteiger partial charge in [0.1, 0.15) is 30.1 Å². The second kappa shape index (κ2) is 21.1. The number of β-amino-alcohol motifs (C(OH)–C–C–N with tert-alkyl or cyclic N) is 1. The van der Waals surface area contributed by atoms with E-state index in [1.54, 1.807) is 16.2 Å². The number of hydrogen-bond donors (Lipinski definition) is 4. The number of piperazine rings is 2. The zero-order valence-electron chi connectivity index (χ0n) is 47.6. The van der Waals surface area contributed by atoms with Crippen molar-refractivity contribution < 1.29 is 29.1 Å². The molecule has 19 heteroatoms. The van der Waals surface area contributed by atoms with Crippen molar-refractivity contribution in [2.75, 3.05) is 75.3 Å². The molecular formula is C63H74N12O6S. The zero-order valence-corrected chi connectivity index (χ0v) is 48.4. The largest absolute Gasteiger partial charge is 0.508 e. The van der Waals surface area contributed by atoms with E-state index < -0.39 is 18.1 Å². The number of hydrogen-bond acceptors (Lipinski definition) is 17. The molecule has 3 aromatic carbocycles. The summed E-state index contributed by atoms with van der Waals surface area (Å²) in [5.41, 5.74) is 9.68. The van der Waals surface area contributed by atoms with Crippen molar-refractivity contribution in [3.8, 4) is 33.5 Å². The Bertz CT molecular complexity index is 3570. The smallest absolute Gasteiger partial charge is 0.319 e. The topological polar surface area (TPSA) is 202 Å². The monoisotopic (exact) mass is 1130 g/mol. The number of thiazole rings is 1. The maximum Gasteiger partial charge on any atom is 0.319 e. The van der Waals surface area contributed by atoms with E-state index in [1.165, 1.54) is 5.56 Å². The number of nitrogens with zero attached hydrogens (tertiary/aromatic N) is 10. The summed E-state index contributed by atoms with van der Waals surface area (Å²) < 4.78 is 13.0. The van der Waals surface area contributed by atoms with Crippen molar-refractivity contribution in [1.29, 1.82) is 0 Å². The first-order chi connectivity index (χ1) is 39.7. The highest BCUT2D eigenvalue weighted by Gasteiger charge is 2.51. The quantitative estimate of drug-likeness (QED) is 0.0812. The number of rotatable bonds is 14. The number of carbonyl (C=O) groups excluding carboxylic acids is 2.